The maximum atomic E-state index is 13.2. The van der Waals surface area contributed by atoms with E-state index in [2.05, 4.69) is 16.2 Å². The summed E-state index contributed by atoms with van der Waals surface area (Å²) in [5.74, 6) is 2.05. The fraction of sp³-hybridized carbons (Fsp3) is 0.143. The number of nitrogens with one attached hydrogen (secondary N) is 1. The number of benzene rings is 1. The van der Waals surface area contributed by atoms with Crippen LogP contribution in [-0.2, 0) is 4.79 Å². The van der Waals surface area contributed by atoms with Crippen LogP contribution in [0.5, 0.6) is 0 Å². The van der Waals surface area contributed by atoms with Gasteiger partial charge in [-0.2, -0.15) is 0 Å². The van der Waals surface area contributed by atoms with Gasteiger partial charge in [-0.15, -0.1) is 6.42 Å². The quantitative estimate of drug-likeness (QED) is 0.675. The van der Waals surface area contributed by atoms with Crippen LogP contribution in [0.25, 0.3) is 5.69 Å². The lowest BCUT2D eigenvalue weighted by Crippen LogP contribution is -2.25. The lowest BCUT2D eigenvalue weighted by Gasteiger charge is -2.07. The summed E-state index contributed by atoms with van der Waals surface area (Å²) in [6.45, 7) is 0.206. The molecule has 0 saturated heterocycles. The molecule has 1 amide bonds. The normalized spacial score (nSPS) is 10.0. The second-order valence-electron chi connectivity index (χ2n) is 3.83. The molecule has 1 aromatic heterocycles. The number of rotatable bonds is 5. The second-order valence-corrected chi connectivity index (χ2v) is 4.77. The monoisotopic (exact) mass is 289 g/mol. The molecule has 0 unspecified atom stereocenters. The van der Waals surface area contributed by atoms with Crippen LogP contribution in [-0.4, -0.2) is 27.8 Å². The number of halogens is 1. The third kappa shape index (κ3) is 3.62. The molecule has 102 valence electrons. The molecule has 2 aromatic rings. The fourth-order valence-electron chi connectivity index (χ4n) is 1.55. The SMILES string of the molecule is C#CCNC(=O)CSc1nccn1-c1cccc(F)c1. The predicted molar refractivity (Wildman–Crippen MR) is 76.1 cm³/mol. The molecule has 1 N–H and O–H groups in total. The Labute approximate surface area is 120 Å². The number of imidazole rings is 1. The number of nitrogens with zero attached hydrogens (tertiary/aromatic N) is 2. The summed E-state index contributed by atoms with van der Waals surface area (Å²) >= 11 is 1.26. The van der Waals surface area contributed by atoms with Crippen LogP contribution in [0.3, 0.4) is 0 Å². The van der Waals surface area contributed by atoms with E-state index in [0.29, 0.717) is 10.8 Å². The van der Waals surface area contributed by atoms with Crippen LogP contribution >= 0.6 is 11.8 Å². The highest BCUT2D eigenvalue weighted by atomic mass is 32.2. The molecular formula is C14H12FN3OS. The van der Waals surface area contributed by atoms with E-state index in [1.807, 2.05) is 0 Å². The van der Waals surface area contributed by atoms with Crippen molar-refractivity contribution in [2.24, 2.45) is 0 Å². The van der Waals surface area contributed by atoms with Crippen molar-refractivity contribution in [2.75, 3.05) is 12.3 Å². The Bertz CT molecular complexity index is 648. The van der Waals surface area contributed by atoms with Gasteiger partial charge in [0.05, 0.1) is 18.0 Å². The Kier molecular flexibility index (Phi) is 4.80. The third-order valence-corrected chi connectivity index (χ3v) is 3.38. The first-order valence-electron chi connectivity index (χ1n) is 5.83. The van der Waals surface area contributed by atoms with Crippen LogP contribution in [0.2, 0.25) is 0 Å². The lowest BCUT2D eigenvalue weighted by atomic mass is 10.3. The molecule has 0 aliphatic carbocycles. The number of carbonyl (C=O) groups excluding carboxylic acids is 1. The summed E-state index contributed by atoms with van der Waals surface area (Å²) in [4.78, 5) is 15.6. The van der Waals surface area contributed by atoms with Crippen LogP contribution < -0.4 is 5.32 Å². The zero-order chi connectivity index (χ0) is 14.4. The second kappa shape index (κ2) is 6.78. The van der Waals surface area contributed by atoms with Gasteiger partial charge in [-0.3, -0.25) is 9.36 Å². The minimum absolute atomic E-state index is 0.165. The van der Waals surface area contributed by atoms with Crippen molar-refractivity contribution < 1.29 is 9.18 Å². The first-order chi connectivity index (χ1) is 9.70. The summed E-state index contributed by atoms with van der Waals surface area (Å²) < 4.78 is 14.9. The number of hydrogen-bond donors (Lipinski definition) is 1. The van der Waals surface area contributed by atoms with Crippen LogP contribution in [0.1, 0.15) is 0 Å². The Balaban J connectivity index is 2.06. The predicted octanol–water partition coefficient (Wildman–Crippen LogP) is 1.85. The molecule has 4 nitrogen and oxygen atoms in total. The molecule has 0 bridgehead atoms. The van der Waals surface area contributed by atoms with E-state index in [9.17, 15) is 9.18 Å². The van der Waals surface area contributed by atoms with Gasteiger partial charge in [-0.1, -0.05) is 23.7 Å². The first kappa shape index (κ1) is 14.2. The average molecular weight is 289 g/mol. The fourth-order valence-corrected chi connectivity index (χ4v) is 2.35. The van der Waals surface area contributed by atoms with Gasteiger partial charge in [0, 0.05) is 12.4 Å². The zero-order valence-electron chi connectivity index (χ0n) is 10.5. The number of aromatic nitrogens is 2. The average Bonchev–Trinajstić information content (AvgIpc) is 2.91. The first-order valence-corrected chi connectivity index (χ1v) is 6.81. The Morgan fingerprint density at radius 1 is 1.55 bits per heavy atom. The van der Waals surface area contributed by atoms with Gasteiger partial charge in [0.25, 0.3) is 0 Å². The lowest BCUT2D eigenvalue weighted by molar-refractivity contribution is -0.118. The van der Waals surface area contributed by atoms with E-state index >= 15 is 0 Å². The van der Waals surface area contributed by atoms with Crippen LogP contribution in [0, 0.1) is 18.2 Å². The van der Waals surface area contributed by atoms with E-state index in [1.54, 1.807) is 29.1 Å². The summed E-state index contributed by atoms with van der Waals surface area (Å²) in [6, 6.07) is 6.18. The molecule has 0 aliphatic heterocycles. The van der Waals surface area contributed by atoms with E-state index in [1.165, 1.54) is 23.9 Å². The molecule has 6 heteroatoms. The molecule has 0 saturated carbocycles. The number of amides is 1. The summed E-state index contributed by atoms with van der Waals surface area (Å²) in [5, 5.41) is 3.19. The molecule has 0 aliphatic rings. The van der Waals surface area contributed by atoms with E-state index in [0.717, 1.165) is 0 Å². The third-order valence-electron chi connectivity index (χ3n) is 2.41. The Morgan fingerprint density at radius 3 is 3.15 bits per heavy atom. The van der Waals surface area contributed by atoms with E-state index in [-0.39, 0.29) is 24.0 Å². The molecule has 0 radical (unpaired) electrons. The molecule has 1 heterocycles. The molecule has 0 spiro atoms. The smallest absolute Gasteiger partial charge is 0.231 e. The number of thioether (sulfide) groups is 1. The zero-order valence-corrected chi connectivity index (χ0v) is 11.4. The molecule has 0 atom stereocenters. The highest BCUT2D eigenvalue weighted by Gasteiger charge is 2.09. The van der Waals surface area contributed by atoms with Crippen molar-refractivity contribution >= 4 is 17.7 Å². The van der Waals surface area contributed by atoms with Crippen molar-refractivity contribution in [1.82, 2.24) is 14.9 Å². The van der Waals surface area contributed by atoms with Crippen molar-refractivity contribution in [3.63, 3.8) is 0 Å². The summed E-state index contributed by atoms with van der Waals surface area (Å²) in [5.41, 5.74) is 0.661. The highest BCUT2D eigenvalue weighted by molar-refractivity contribution is 7.99. The van der Waals surface area contributed by atoms with E-state index < -0.39 is 0 Å². The topological polar surface area (TPSA) is 46.9 Å². The molecule has 20 heavy (non-hydrogen) atoms. The largest absolute Gasteiger partial charge is 0.344 e. The summed E-state index contributed by atoms with van der Waals surface area (Å²) in [6.07, 6.45) is 8.38. The molecule has 0 fully saturated rings. The van der Waals surface area contributed by atoms with Crippen LogP contribution in [0.4, 0.5) is 4.39 Å². The summed E-state index contributed by atoms with van der Waals surface area (Å²) in [7, 11) is 0. The highest BCUT2D eigenvalue weighted by Crippen LogP contribution is 2.20. The van der Waals surface area contributed by atoms with Crippen molar-refractivity contribution in [3.05, 3.63) is 42.5 Å². The van der Waals surface area contributed by atoms with Crippen molar-refractivity contribution in [3.8, 4) is 18.0 Å². The Hall–Kier alpha value is -2.26. The van der Waals surface area contributed by atoms with Gasteiger partial charge >= 0.3 is 0 Å². The maximum absolute atomic E-state index is 13.2. The number of terminal acetylenes is 1. The van der Waals surface area contributed by atoms with Gasteiger partial charge in [-0.25, -0.2) is 9.37 Å². The van der Waals surface area contributed by atoms with Gasteiger partial charge in [0.1, 0.15) is 5.82 Å². The molecule has 1 aromatic carbocycles. The minimum atomic E-state index is -0.320. The van der Waals surface area contributed by atoms with Crippen LogP contribution in [0.15, 0.2) is 41.8 Å². The van der Waals surface area contributed by atoms with Gasteiger partial charge in [0.15, 0.2) is 5.16 Å². The van der Waals surface area contributed by atoms with Gasteiger partial charge in [-0.05, 0) is 18.2 Å². The van der Waals surface area contributed by atoms with Crippen molar-refractivity contribution in [2.45, 2.75) is 5.16 Å². The van der Waals surface area contributed by atoms with Gasteiger partial charge < -0.3 is 5.32 Å². The van der Waals surface area contributed by atoms with Crippen molar-refractivity contribution in [1.29, 1.82) is 0 Å². The number of carbonyl (C=O) groups is 1. The van der Waals surface area contributed by atoms with E-state index in [4.69, 9.17) is 6.42 Å². The van der Waals surface area contributed by atoms with Gasteiger partial charge in [0.2, 0.25) is 5.91 Å². The number of hydrogen-bond acceptors (Lipinski definition) is 3. The standard InChI is InChI=1S/C14H12FN3OS/c1-2-6-16-13(19)10-20-14-17-7-8-18(14)12-5-3-4-11(15)9-12/h1,3-5,7-9H,6,10H2,(H,16,19). The minimum Gasteiger partial charge on any atom is -0.344 e. The molecular weight excluding hydrogens is 277 g/mol. The Morgan fingerprint density at radius 2 is 2.40 bits per heavy atom. The maximum Gasteiger partial charge on any atom is 0.231 e. The molecule has 2 rings (SSSR count).